The largest absolute Gasteiger partial charge is 0.508 e. The van der Waals surface area contributed by atoms with Crippen molar-refractivity contribution in [1.29, 1.82) is 0 Å². The molecule has 0 amide bonds. The zero-order valence-corrected chi connectivity index (χ0v) is 9.55. The maximum Gasteiger partial charge on any atom is 0.508 e. The monoisotopic (exact) mass is 200 g/mol. The Hall–Kier alpha value is -0.730. The van der Waals surface area contributed by atoms with E-state index in [4.69, 9.17) is 9.47 Å². The molecule has 1 aliphatic carbocycles. The highest BCUT2D eigenvalue weighted by molar-refractivity contribution is 5.60. The normalized spacial score (nSPS) is 19.7. The Bertz CT molecular complexity index is 211. The second kappa shape index (κ2) is 3.79. The van der Waals surface area contributed by atoms with Gasteiger partial charge in [0.1, 0.15) is 5.60 Å². The minimum Gasteiger partial charge on any atom is -0.435 e. The van der Waals surface area contributed by atoms with Gasteiger partial charge < -0.3 is 9.47 Å². The maximum absolute atomic E-state index is 11.3. The summed E-state index contributed by atoms with van der Waals surface area (Å²) in [5.41, 5.74) is -0.294. The van der Waals surface area contributed by atoms with Gasteiger partial charge in [-0.3, -0.25) is 0 Å². The molecular formula is C11H20O3. The van der Waals surface area contributed by atoms with E-state index in [9.17, 15) is 4.79 Å². The van der Waals surface area contributed by atoms with Gasteiger partial charge in [-0.1, -0.05) is 20.8 Å². The van der Waals surface area contributed by atoms with E-state index in [-0.39, 0.29) is 11.0 Å². The van der Waals surface area contributed by atoms with Gasteiger partial charge >= 0.3 is 6.16 Å². The SMILES string of the molecule is CCOC(=O)OC1(C(C)(C)C)CCC1. The molecule has 0 bridgehead atoms. The fourth-order valence-corrected chi connectivity index (χ4v) is 1.81. The minimum atomic E-state index is -0.526. The quantitative estimate of drug-likeness (QED) is 0.642. The van der Waals surface area contributed by atoms with Crippen LogP contribution in [0.3, 0.4) is 0 Å². The van der Waals surface area contributed by atoms with E-state index in [0.717, 1.165) is 19.3 Å². The first-order valence-corrected chi connectivity index (χ1v) is 5.27. The molecule has 0 atom stereocenters. The molecule has 0 aromatic rings. The fourth-order valence-electron chi connectivity index (χ4n) is 1.81. The molecule has 0 aliphatic heterocycles. The molecule has 1 saturated carbocycles. The summed E-state index contributed by atoms with van der Waals surface area (Å²) in [6.45, 7) is 8.47. The van der Waals surface area contributed by atoms with Crippen LogP contribution in [0.5, 0.6) is 0 Å². The lowest BCUT2D eigenvalue weighted by atomic mass is 9.64. The van der Waals surface area contributed by atoms with E-state index < -0.39 is 6.16 Å². The number of rotatable bonds is 2. The topological polar surface area (TPSA) is 35.5 Å². The molecule has 0 spiro atoms. The Morgan fingerprint density at radius 1 is 1.36 bits per heavy atom. The van der Waals surface area contributed by atoms with Gasteiger partial charge in [-0.15, -0.1) is 0 Å². The van der Waals surface area contributed by atoms with Gasteiger partial charge in [0.15, 0.2) is 0 Å². The summed E-state index contributed by atoms with van der Waals surface area (Å²) in [5.74, 6) is 0. The maximum atomic E-state index is 11.3. The minimum absolute atomic E-state index is 0.00197. The molecule has 1 aliphatic rings. The van der Waals surface area contributed by atoms with Crippen molar-refractivity contribution in [3.05, 3.63) is 0 Å². The van der Waals surface area contributed by atoms with Crippen molar-refractivity contribution in [3.63, 3.8) is 0 Å². The van der Waals surface area contributed by atoms with Gasteiger partial charge in [-0.25, -0.2) is 4.79 Å². The Kier molecular flexibility index (Phi) is 3.07. The van der Waals surface area contributed by atoms with Crippen LogP contribution >= 0.6 is 0 Å². The van der Waals surface area contributed by atoms with E-state index in [2.05, 4.69) is 20.8 Å². The molecular weight excluding hydrogens is 180 g/mol. The third-order valence-electron chi connectivity index (χ3n) is 3.07. The van der Waals surface area contributed by atoms with Crippen LogP contribution in [0.15, 0.2) is 0 Å². The number of hydrogen-bond donors (Lipinski definition) is 0. The highest BCUT2D eigenvalue weighted by Gasteiger charge is 2.50. The zero-order valence-electron chi connectivity index (χ0n) is 9.55. The molecule has 0 N–H and O–H groups in total. The average molecular weight is 200 g/mol. The van der Waals surface area contributed by atoms with E-state index in [1.807, 2.05) is 0 Å². The predicted molar refractivity (Wildman–Crippen MR) is 54.1 cm³/mol. The van der Waals surface area contributed by atoms with Crippen molar-refractivity contribution in [1.82, 2.24) is 0 Å². The standard InChI is InChI=1S/C11H20O3/c1-5-13-9(12)14-11(7-6-8-11)10(2,3)4/h5-8H2,1-4H3. The summed E-state index contributed by atoms with van der Waals surface area (Å²) >= 11 is 0. The van der Waals surface area contributed by atoms with E-state index in [0.29, 0.717) is 6.61 Å². The Morgan fingerprint density at radius 3 is 2.21 bits per heavy atom. The summed E-state index contributed by atoms with van der Waals surface area (Å²) in [5, 5.41) is 0. The number of carbonyl (C=O) groups is 1. The van der Waals surface area contributed by atoms with Crippen LogP contribution in [0, 0.1) is 5.41 Å². The molecule has 0 heterocycles. The van der Waals surface area contributed by atoms with E-state index in [1.165, 1.54) is 0 Å². The highest BCUT2D eigenvalue weighted by atomic mass is 16.7. The summed E-state index contributed by atoms with van der Waals surface area (Å²) < 4.78 is 10.2. The Labute approximate surface area is 85.8 Å². The molecule has 0 saturated heterocycles. The van der Waals surface area contributed by atoms with Gasteiger partial charge in [-0.2, -0.15) is 0 Å². The lowest BCUT2D eigenvalue weighted by Gasteiger charge is -2.49. The van der Waals surface area contributed by atoms with Crippen LogP contribution in [-0.4, -0.2) is 18.4 Å². The van der Waals surface area contributed by atoms with Crippen LogP contribution in [0.1, 0.15) is 47.0 Å². The predicted octanol–water partition coefficient (Wildman–Crippen LogP) is 3.13. The summed E-state index contributed by atoms with van der Waals surface area (Å²) in [6, 6.07) is 0. The highest BCUT2D eigenvalue weighted by Crippen LogP contribution is 2.48. The van der Waals surface area contributed by atoms with Crippen molar-refractivity contribution < 1.29 is 14.3 Å². The van der Waals surface area contributed by atoms with E-state index >= 15 is 0 Å². The molecule has 0 aromatic heterocycles. The molecule has 0 radical (unpaired) electrons. The first kappa shape index (κ1) is 11.3. The van der Waals surface area contributed by atoms with Crippen LogP contribution in [0.4, 0.5) is 4.79 Å². The molecule has 1 rings (SSSR count). The number of ether oxygens (including phenoxy) is 2. The lowest BCUT2D eigenvalue weighted by molar-refractivity contribution is -0.140. The van der Waals surface area contributed by atoms with Crippen molar-refractivity contribution in [3.8, 4) is 0 Å². The third-order valence-corrected chi connectivity index (χ3v) is 3.07. The molecule has 0 aromatic carbocycles. The van der Waals surface area contributed by atoms with E-state index in [1.54, 1.807) is 6.92 Å². The Morgan fingerprint density at radius 2 is 1.93 bits per heavy atom. The van der Waals surface area contributed by atoms with Gasteiger partial charge in [0.05, 0.1) is 6.61 Å². The van der Waals surface area contributed by atoms with Gasteiger partial charge in [0, 0.05) is 5.41 Å². The van der Waals surface area contributed by atoms with Crippen LogP contribution in [0.2, 0.25) is 0 Å². The Balaban J connectivity index is 2.59. The van der Waals surface area contributed by atoms with Crippen LogP contribution in [-0.2, 0) is 9.47 Å². The zero-order chi connectivity index (χ0) is 10.8. The number of hydrogen-bond acceptors (Lipinski definition) is 3. The number of carbonyl (C=O) groups excluding carboxylic acids is 1. The van der Waals surface area contributed by atoms with Crippen molar-refractivity contribution in [2.24, 2.45) is 5.41 Å². The molecule has 3 nitrogen and oxygen atoms in total. The van der Waals surface area contributed by atoms with Crippen LogP contribution in [0.25, 0.3) is 0 Å². The van der Waals surface area contributed by atoms with Crippen molar-refractivity contribution in [2.75, 3.05) is 6.61 Å². The lowest BCUT2D eigenvalue weighted by Crippen LogP contribution is -2.52. The molecule has 0 unspecified atom stereocenters. The summed E-state index contributed by atoms with van der Waals surface area (Å²) in [4.78, 5) is 11.3. The molecule has 3 heteroatoms. The van der Waals surface area contributed by atoms with Crippen molar-refractivity contribution in [2.45, 2.75) is 52.6 Å². The molecule has 82 valence electrons. The van der Waals surface area contributed by atoms with Gasteiger partial charge in [-0.05, 0) is 26.2 Å². The average Bonchev–Trinajstić information content (AvgIpc) is 1.94. The summed E-state index contributed by atoms with van der Waals surface area (Å²) in [7, 11) is 0. The van der Waals surface area contributed by atoms with Crippen LogP contribution < -0.4 is 0 Å². The van der Waals surface area contributed by atoms with Gasteiger partial charge in [0.25, 0.3) is 0 Å². The molecule has 1 fully saturated rings. The van der Waals surface area contributed by atoms with Crippen molar-refractivity contribution >= 4 is 6.16 Å². The first-order valence-electron chi connectivity index (χ1n) is 5.27. The van der Waals surface area contributed by atoms with Gasteiger partial charge in [0.2, 0.25) is 0 Å². The fraction of sp³-hybridized carbons (Fsp3) is 0.909. The third kappa shape index (κ3) is 2.02. The second-order valence-electron chi connectivity index (χ2n) is 4.88. The summed E-state index contributed by atoms with van der Waals surface area (Å²) in [6.07, 6.45) is 2.52. The molecule has 14 heavy (non-hydrogen) atoms. The smallest absolute Gasteiger partial charge is 0.435 e. The first-order chi connectivity index (χ1) is 6.41. The second-order valence-corrected chi connectivity index (χ2v) is 4.88.